The van der Waals surface area contributed by atoms with Gasteiger partial charge in [0.05, 0.1) is 6.61 Å². The Morgan fingerprint density at radius 3 is 2.93 bits per heavy atom. The average molecular weight is 207 g/mol. The molecular weight excluding hydrogens is 194 g/mol. The molecule has 0 aliphatic carbocycles. The lowest BCUT2D eigenvalue weighted by atomic mass is 10.1. The fourth-order valence-corrected chi connectivity index (χ4v) is 2.03. The van der Waals surface area contributed by atoms with Gasteiger partial charge in [-0.25, -0.2) is 0 Å². The normalized spacial score (nSPS) is 15.1. The molecule has 0 bridgehead atoms. The summed E-state index contributed by atoms with van der Waals surface area (Å²) in [6, 6.07) is 6.02. The van der Waals surface area contributed by atoms with E-state index in [9.17, 15) is 0 Å². The summed E-state index contributed by atoms with van der Waals surface area (Å²) in [4.78, 5) is 1.11. The van der Waals surface area contributed by atoms with Crippen molar-refractivity contribution < 1.29 is 4.74 Å². The molecule has 2 N–H and O–H groups in total. The first-order chi connectivity index (χ1) is 6.81. The molecule has 3 heteroatoms. The quantitative estimate of drug-likeness (QED) is 0.598. The zero-order valence-electron chi connectivity index (χ0n) is 8.12. The minimum atomic E-state index is 0.800. The van der Waals surface area contributed by atoms with Gasteiger partial charge >= 0.3 is 0 Å². The Hall–Kier alpha value is -1.09. The van der Waals surface area contributed by atoms with Crippen LogP contribution in [0.4, 0.5) is 5.69 Å². The second-order valence-corrected chi connectivity index (χ2v) is 4.01. The van der Waals surface area contributed by atoms with Crippen LogP contribution in [0.15, 0.2) is 29.2 Å². The molecular formula is C11H13NOS. The van der Waals surface area contributed by atoms with Crippen LogP contribution in [0.1, 0.15) is 12.0 Å². The lowest BCUT2D eigenvalue weighted by molar-refractivity contribution is 0.307. The number of hydrogen-bond donors (Lipinski definition) is 1. The average Bonchev–Trinajstić information content (AvgIpc) is 2.71. The molecule has 1 aliphatic rings. The van der Waals surface area contributed by atoms with E-state index in [2.05, 4.69) is 12.1 Å². The van der Waals surface area contributed by atoms with E-state index in [0.29, 0.717) is 0 Å². The van der Waals surface area contributed by atoms with Crippen molar-refractivity contribution in [3.8, 4) is 0 Å². The number of nitrogens with two attached hydrogens (primary N) is 1. The Labute approximate surface area is 88.1 Å². The van der Waals surface area contributed by atoms with Crippen molar-refractivity contribution in [3.05, 3.63) is 29.8 Å². The molecule has 0 atom stereocenters. The molecule has 0 amide bonds. The molecule has 0 aromatic heterocycles. The molecule has 2 nitrogen and oxygen atoms in total. The molecule has 0 radical (unpaired) electrons. The predicted octanol–water partition coefficient (Wildman–Crippen LogP) is 2.75. The largest absolute Gasteiger partial charge is 0.493 e. The summed E-state index contributed by atoms with van der Waals surface area (Å²) < 4.78 is 5.49. The summed E-state index contributed by atoms with van der Waals surface area (Å²) in [6.45, 7) is 0.800. The van der Waals surface area contributed by atoms with Crippen molar-refractivity contribution in [2.24, 2.45) is 0 Å². The Balaban J connectivity index is 2.35. The SMILES string of the molecule is CSc1cc(C2=CCCO2)ccc1N. The summed E-state index contributed by atoms with van der Waals surface area (Å²) in [5, 5.41) is 0. The Morgan fingerprint density at radius 1 is 1.43 bits per heavy atom. The molecule has 0 spiro atoms. The van der Waals surface area contributed by atoms with E-state index >= 15 is 0 Å². The third-order valence-corrected chi connectivity index (χ3v) is 3.02. The zero-order valence-corrected chi connectivity index (χ0v) is 8.93. The van der Waals surface area contributed by atoms with Gasteiger partial charge in [-0.05, 0) is 30.5 Å². The van der Waals surface area contributed by atoms with E-state index in [4.69, 9.17) is 10.5 Å². The van der Waals surface area contributed by atoms with Crippen LogP contribution in [0.25, 0.3) is 5.76 Å². The highest BCUT2D eigenvalue weighted by molar-refractivity contribution is 7.98. The Kier molecular flexibility index (Phi) is 2.68. The van der Waals surface area contributed by atoms with Gasteiger partial charge in [-0.3, -0.25) is 0 Å². The van der Waals surface area contributed by atoms with Gasteiger partial charge in [-0.2, -0.15) is 0 Å². The molecule has 1 aromatic rings. The smallest absolute Gasteiger partial charge is 0.122 e. The van der Waals surface area contributed by atoms with E-state index in [1.54, 1.807) is 11.8 Å². The first-order valence-corrected chi connectivity index (χ1v) is 5.80. The number of anilines is 1. The molecule has 14 heavy (non-hydrogen) atoms. The number of benzene rings is 1. The van der Waals surface area contributed by atoms with Crippen LogP contribution in [-0.4, -0.2) is 12.9 Å². The Morgan fingerprint density at radius 2 is 2.29 bits per heavy atom. The fraction of sp³-hybridized carbons (Fsp3) is 0.273. The van der Waals surface area contributed by atoms with Crippen molar-refractivity contribution in [1.29, 1.82) is 0 Å². The van der Waals surface area contributed by atoms with Gasteiger partial charge < -0.3 is 10.5 Å². The molecule has 1 aliphatic heterocycles. The summed E-state index contributed by atoms with van der Waals surface area (Å²) in [5.74, 6) is 0.986. The van der Waals surface area contributed by atoms with Gasteiger partial charge in [0.2, 0.25) is 0 Å². The molecule has 0 unspecified atom stereocenters. The van der Waals surface area contributed by atoms with Crippen LogP contribution in [0, 0.1) is 0 Å². The lowest BCUT2D eigenvalue weighted by Gasteiger charge is -2.07. The lowest BCUT2D eigenvalue weighted by Crippen LogP contribution is -1.91. The van der Waals surface area contributed by atoms with Crippen molar-refractivity contribution in [2.45, 2.75) is 11.3 Å². The van der Waals surface area contributed by atoms with Gasteiger partial charge in [0.25, 0.3) is 0 Å². The predicted molar refractivity (Wildman–Crippen MR) is 61.2 cm³/mol. The van der Waals surface area contributed by atoms with Crippen molar-refractivity contribution >= 4 is 23.2 Å². The number of hydrogen-bond acceptors (Lipinski definition) is 3. The maximum atomic E-state index is 5.82. The molecule has 0 saturated heterocycles. The van der Waals surface area contributed by atoms with Gasteiger partial charge in [0, 0.05) is 22.6 Å². The van der Waals surface area contributed by atoms with Crippen molar-refractivity contribution in [3.63, 3.8) is 0 Å². The van der Waals surface area contributed by atoms with E-state index in [-0.39, 0.29) is 0 Å². The highest BCUT2D eigenvalue weighted by atomic mass is 32.2. The monoisotopic (exact) mass is 207 g/mol. The topological polar surface area (TPSA) is 35.2 Å². The molecule has 74 valence electrons. The first kappa shape index (κ1) is 9.46. The van der Waals surface area contributed by atoms with E-state index in [1.807, 2.05) is 18.4 Å². The minimum absolute atomic E-state index is 0.800. The summed E-state index contributed by atoms with van der Waals surface area (Å²) in [5.41, 5.74) is 7.78. The van der Waals surface area contributed by atoms with Gasteiger partial charge in [0.1, 0.15) is 5.76 Å². The molecule has 1 aromatic carbocycles. The maximum absolute atomic E-state index is 5.82. The number of thioether (sulfide) groups is 1. The molecule has 1 heterocycles. The highest BCUT2D eigenvalue weighted by Gasteiger charge is 2.09. The van der Waals surface area contributed by atoms with E-state index < -0.39 is 0 Å². The van der Waals surface area contributed by atoms with Crippen LogP contribution >= 0.6 is 11.8 Å². The second-order valence-electron chi connectivity index (χ2n) is 3.16. The van der Waals surface area contributed by atoms with Crippen LogP contribution in [0.2, 0.25) is 0 Å². The van der Waals surface area contributed by atoms with E-state index in [1.165, 1.54) is 0 Å². The van der Waals surface area contributed by atoms with Gasteiger partial charge in [-0.15, -0.1) is 11.8 Å². The van der Waals surface area contributed by atoms with Crippen LogP contribution < -0.4 is 5.73 Å². The highest BCUT2D eigenvalue weighted by Crippen LogP contribution is 2.29. The standard InChI is InChI=1S/C11H13NOS/c1-14-11-7-8(4-5-9(11)12)10-3-2-6-13-10/h3-5,7H,2,6,12H2,1H3. The van der Waals surface area contributed by atoms with Gasteiger partial charge in [0.15, 0.2) is 0 Å². The van der Waals surface area contributed by atoms with Crippen LogP contribution in [0.3, 0.4) is 0 Å². The van der Waals surface area contributed by atoms with Gasteiger partial charge in [-0.1, -0.05) is 0 Å². The van der Waals surface area contributed by atoms with Crippen molar-refractivity contribution in [2.75, 3.05) is 18.6 Å². The third kappa shape index (κ3) is 1.73. The molecule has 2 rings (SSSR count). The van der Waals surface area contributed by atoms with Crippen LogP contribution in [0.5, 0.6) is 0 Å². The fourth-order valence-electron chi connectivity index (χ4n) is 1.48. The Bertz CT molecular complexity index is 374. The minimum Gasteiger partial charge on any atom is -0.493 e. The summed E-state index contributed by atoms with van der Waals surface area (Å²) in [7, 11) is 0. The zero-order chi connectivity index (χ0) is 9.97. The van der Waals surface area contributed by atoms with E-state index in [0.717, 1.165) is 34.9 Å². The maximum Gasteiger partial charge on any atom is 0.122 e. The number of ether oxygens (including phenoxy) is 1. The summed E-state index contributed by atoms with van der Waals surface area (Å²) in [6.07, 6.45) is 5.16. The summed E-state index contributed by atoms with van der Waals surface area (Å²) >= 11 is 1.66. The number of nitrogen functional groups attached to an aromatic ring is 1. The third-order valence-electron chi connectivity index (χ3n) is 2.22. The molecule has 0 saturated carbocycles. The second kappa shape index (κ2) is 3.96. The first-order valence-electron chi connectivity index (χ1n) is 4.58. The van der Waals surface area contributed by atoms with Crippen molar-refractivity contribution in [1.82, 2.24) is 0 Å². The van der Waals surface area contributed by atoms with Crippen LogP contribution in [-0.2, 0) is 4.74 Å². The number of rotatable bonds is 2. The molecule has 0 fully saturated rings.